The Balaban J connectivity index is 1.55. The van der Waals surface area contributed by atoms with E-state index < -0.39 is 0 Å². The van der Waals surface area contributed by atoms with Gasteiger partial charge in [0.25, 0.3) is 0 Å². The van der Waals surface area contributed by atoms with E-state index in [-0.39, 0.29) is 0 Å². The molecule has 0 radical (unpaired) electrons. The number of hydrogen-bond donors (Lipinski definition) is 0. The standard InChI is InChI=1S/C22H17N3S/c1-2-6-18-15-19(10-9-16(18)5-1)26-20-8-3-7-17-11-14-25(21(17)20)22-23-12-4-13-24-22/h1-10,12-13,15H,11,14H2. The van der Waals surface area contributed by atoms with E-state index in [1.807, 2.05) is 17.8 Å². The van der Waals surface area contributed by atoms with Gasteiger partial charge in [-0.2, -0.15) is 0 Å². The van der Waals surface area contributed by atoms with Gasteiger partial charge in [0.2, 0.25) is 5.95 Å². The number of benzene rings is 3. The zero-order valence-corrected chi connectivity index (χ0v) is 15.0. The molecule has 0 aliphatic carbocycles. The average molecular weight is 355 g/mol. The van der Waals surface area contributed by atoms with E-state index in [4.69, 9.17) is 0 Å². The minimum absolute atomic E-state index is 0.776. The molecule has 1 aliphatic rings. The first-order valence-corrected chi connectivity index (χ1v) is 9.53. The molecule has 0 unspecified atom stereocenters. The van der Waals surface area contributed by atoms with Crippen molar-refractivity contribution in [1.29, 1.82) is 0 Å². The lowest BCUT2D eigenvalue weighted by molar-refractivity contribution is 0.935. The molecule has 4 heteroatoms. The molecule has 3 nitrogen and oxygen atoms in total. The molecule has 3 aromatic carbocycles. The third kappa shape index (κ3) is 2.72. The largest absolute Gasteiger partial charge is 0.309 e. The summed E-state index contributed by atoms with van der Waals surface area (Å²) in [6, 6.07) is 23.6. The highest BCUT2D eigenvalue weighted by atomic mass is 32.2. The molecular weight excluding hydrogens is 338 g/mol. The summed E-state index contributed by atoms with van der Waals surface area (Å²) in [4.78, 5) is 13.6. The Bertz CT molecular complexity index is 1080. The van der Waals surface area contributed by atoms with Crippen LogP contribution in [0.3, 0.4) is 0 Å². The molecule has 0 atom stereocenters. The second-order valence-corrected chi connectivity index (χ2v) is 7.44. The normalized spacial score (nSPS) is 13.2. The van der Waals surface area contributed by atoms with E-state index in [1.54, 1.807) is 12.4 Å². The van der Waals surface area contributed by atoms with Crippen molar-refractivity contribution in [3.63, 3.8) is 0 Å². The average Bonchev–Trinajstić information content (AvgIpc) is 3.14. The first-order chi connectivity index (χ1) is 12.9. The summed E-state index contributed by atoms with van der Waals surface area (Å²) in [7, 11) is 0. The van der Waals surface area contributed by atoms with Crippen LogP contribution in [0.4, 0.5) is 11.6 Å². The van der Waals surface area contributed by atoms with Crippen LogP contribution in [0.25, 0.3) is 10.8 Å². The zero-order valence-electron chi connectivity index (χ0n) is 14.2. The van der Waals surface area contributed by atoms with E-state index >= 15 is 0 Å². The van der Waals surface area contributed by atoms with Gasteiger partial charge in [-0.1, -0.05) is 54.2 Å². The Kier molecular flexibility index (Phi) is 3.83. The lowest BCUT2D eigenvalue weighted by Gasteiger charge is -2.19. The smallest absolute Gasteiger partial charge is 0.229 e. The van der Waals surface area contributed by atoms with Crippen LogP contribution < -0.4 is 4.90 Å². The molecule has 0 spiro atoms. The Hall–Kier alpha value is -2.85. The third-order valence-corrected chi connectivity index (χ3v) is 5.74. The molecule has 4 aromatic rings. The molecule has 1 aliphatic heterocycles. The van der Waals surface area contributed by atoms with Gasteiger partial charge in [0.15, 0.2) is 0 Å². The van der Waals surface area contributed by atoms with Crippen molar-refractivity contribution in [3.05, 3.63) is 84.7 Å². The topological polar surface area (TPSA) is 29.0 Å². The number of rotatable bonds is 3. The van der Waals surface area contributed by atoms with Crippen molar-refractivity contribution in [1.82, 2.24) is 9.97 Å². The van der Waals surface area contributed by atoms with E-state index in [2.05, 4.69) is 75.5 Å². The minimum Gasteiger partial charge on any atom is -0.309 e. The number of nitrogens with zero attached hydrogens (tertiary/aromatic N) is 3. The molecule has 0 bridgehead atoms. The minimum atomic E-state index is 0.776. The highest BCUT2D eigenvalue weighted by Crippen LogP contribution is 2.43. The fraction of sp³-hybridized carbons (Fsp3) is 0.0909. The highest BCUT2D eigenvalue weighted by molar-refractivity contribution is 7.99. The van der Waals surface area contributed by atoms with Gasteiger partial charge in [-0.3, -0.25) is 0 Å². The van der Waals surface area contributed by atoms with E-state index in [9.17, 15) is 0 Å². The number of anilines is 2. The maximum Gasteiger partial charge on any atom is 0.229 e. The Morgan fingerprint density at radius 1 is 0.808 bits per heavy atom. The second-order valence-electron chi connectivity index (χ2n) is 6.33. The molecule has 126 valence electrons. The molecule has 0 amide bonds. The van der Waals surface area contributed by atoms with Crippen LogP contribution in [0.5, 0.6) is 0 Å². The second kappa shape index (κ2) is 6.46. The summed E-state index contributed by atoms with van der Waals surface area (Å²) in [6.07, 6.45) is 4.64. The number of aromatic nitrogens is 2. The first-order valence-electron chi connectivity index (χ1n) is 8.71. The SMILES string of the molecule is c1cnc(N2CCc3cccc(Sc4ccc5ccccc5c4)c32)nc1. The summed E-state index contributed by atoms with van der Waals surface area (Å²) in [5.41, 5.74) is 2.61. The van der Waals surface area contributed by atoms with Crippen LogP contribution >= 0.6 is 11.8 Å². The van der Waals surface area contributed by atoms with Crippen molar-refractivity contribution in [2.24, 2.45) is 0 Å². The predicted molar refractivity (Wildman–Crippen MR) is 107 cm³/mol. The lowest BCUT2D eigenvalue weighted by Crippen LogP contribution is -2.16. The van der Waals surface area contributed by atoms with Crippen LogP contribution in [0.15, 0.2) is 88.9 Å². The van der Waals surface area contributed by atoms with Crippen molar-refractivity contribution in [2.75, 3.05) is 11.4 Å². The summed E-state index contributed by atoms with van der Waals surface area (Å²) >= 11 is 1.81. The van der Waals surface area contributed by atoms with Gasteiger partial charge in [0.1, 0.15) is 0 Å². The van der Waals surface area contributed by atoms with Crippen LogP contribution in [-0.4, -0.2) is 16.5 Å². The molecule has 0 saturated heterocycles. The molecule has 2 heterocycles. The summed E-state index contributed by atoms with van der Waals surface area (Å²) in [6.45, 7) is 0.925. The predicted octanol–water partition coefficient (Wildman–Crippen LogP) is 5.48. The Labute approximate surface area is 156 Å². The molecule has 1 aromatic heterocycles. The van der Waals surface area contributed by atoms with E-state index in [0.717, 1.165) is 18.9 Å². The summed E-state index contributed by atoms with van der Waals surface area (Å²) < 4.78 is 0. The molecule has 5 rings (SSSR count). The highest BCUT2D eigenvalue weighted by Gasteiger charge is 2.25. The summed E-state index contributed by atoms with van der Waals surface area (Å²) in [5.74, 6) is 0.776. The molecular formula is C22H17N3S. The van der Waals surface area contributed by atoms with Gasteiger partial charge in [-0.15, -0.1) is 0 Å². The van der Waals surface area contributed by atoms with Crippen molar-refractivity contribution in [2.45, 2.75) is 16.2 Å². The number of para-hydroxylation sites is 1. The van der Waals surface area contributed by atoms with Crippen LogP contribution in [0.1, 0.15) is 5.56 Å². The van der Waals surface area contributed by atoms with Crippen molar-refractivity contribution in [3.8, 4) is 0 Å². The quantitative estimate of drug-likeness (QED) is 0.487. The maximum atomic E-state index is 4.45. The van der Waals surface area contributed by atoms with Crippen molar-refractivity contribution >= 4 is 34.2 Å². The van der Waals surface area contributed by atoms with E-state index in [1.165, 1.54) is 31.8 Å². The van der Waals surface area contributed by atoms with Crippen LogP contribution in [0.2, 0.25) is 0 Å². The Morgan fingerprint density at radius 2 is 1.65 bits per heavy atom. The fourth-order valence-electron chi connectivity index (χ4n) is 3.49. The van der Waals surface area contributed by atoms with E-state index in [0.29, 0.717) is 0 Å². The maximum absolute atomic E-state index is 4.45. The van der Waals surface area contributed by atoms with Gasteiger partial charge < -0.3 is 4.90 Å². The fourth-order valence-corrected chi connectivity index (χ4v) is 4.55. The van der Waals surface area contributed by atoms with Crippen LogP contribution in [0, 0.1) is 0 Å². The number of hydrogen-bond acceptors (Lipinski definition) is 4. The van der Waals surface area contributed by atoms with Crippen LogP contribution in [-0.2, 0) is 6.42 Å². The van der Waals surface area contributed by atoms with Crippen molar-refractivity contribution < 1.29 is 0 Å². The zero-order chi connectivity index (χ0) is 17.3. The molecule has 0 N–H and O–H groups in total. The van der Waals surface area contributed by atoms with Gasteiger partial charge in [0.05, 0.1) is 5.69 Å². The first kappa shape index (κ1) is 15.4. The van der Waals surface area contributed by atoms with Gasteiger partial charge >= 0.3 is 0 Å². The molecule has 26 heavy (non-hydrogen) atoms. The van der Waals surface area contributed by atoms with Gasteiger partial charge in [-0.05, 0) is 47.0 Å². The number of fused-ring (bicyclic) bond motifs is 2. The Morgan fingerprint density at radius 3 is 2.54 bits per heavy atom. The summed E-state index contributed by atoms with van der Waals surface area (Å²) in [5, 5.41) is 2.54. The van der Waals surface area contributed by atoms with Gasteiger partial charge in [-0.25, -0.2) is 9.97 Å². The molecule has 0 fully saturated rings. The molecule has 0 saturated carbocycles. The monoisotopic (exact) mass is 355 g/mol. The lowest BCUT2D eigenvalue weighted by atomic mass is 10.1. The third-order valence-electron chi connectivity index (χ3n) is 4.70. The van der Waals surface area contributed by atoms with Gasteiger partial charge in [0, 0.05) is 28.7 Å².